The van der Waals surface area contributed by atoms with E-state index in [1.165, 1.54) is 0 Å². The number of ether oxygens (including phenoxy) is 1. The van der Waals surface area contributed by atoms with Gasteiger partial charge in [0.15, 0.2) is 0 Å². The number of hydrogen-bond acceptors (Lipinski definition) is 5. The molecule has 16 heavy (non-hydrogen) atoms. The number of aliphatic hydroxyl groups is 1. The topological polar surface area (TPSA) is 69.4 Å². The minimum absolute atomic E-state index is 0.0392. The predicted octanol–water partition coefficient (Wildman–Crippen LogP) is 0.151. The number of aromatic nitrogens is 1. The lowest BCUT2D eigenvalue weighted by Crippen LogP contribution is -2.47. The highest BCUT2D eigenvalue weighted by molar-refractivity contribution is 5.50. The van der Waals surface area contributed by atoms with Gasteiger partial charge in [0.2, 0.25) is 0 Å². The van der Waals surface area contributed by atoms with Crippen LogP contribution in [-0.2, 0) is 4.74 Å². The summed E-state index contributed by atoms with van der Waals surface area (Å²) in [5, 5.41) is 18.0. The molecule has 0 radical (unpaired) electrons. The molecule has 2 heterocycles. The van der Waals surface area contributed by atoms with Gasteiger partial charge in [-0.05, 0) is 12.1 Å². The van der Waals surface area contributed by atoms with Crippen LogP contribution in [0.15, 0.2) is 18.3 Å². The Hall–Kier alpha value is -1.64. The first-order valence-corrected chi connectivity index (χ1v) is 5.16. The van der Waals surface area contributed by atoms with Crippen molar-refractivity contribution in [2.24, 2.45) is 0 Å². The van der Waals surface area contributed by atoms with Crippen LogP contribution < -0.4 is 4.90 Å². The fourth-order valence-corrected chi connectivity index (χ4v) is 1.81. The van der Waals surface area contributed by atoms with Crippen LogP contribution in [0.4, 0.5) is 5.69 Å². The predicted molar refractivity (Wildman–Crippen MR) is 58.0 cm³/mol. The van der Waals surface area contributed by atoms with E-state index in [4.69, 9.17) is 10.00 Å². The lowest BCUT2D eigenvalue weighted by Gasteiger charge is -2.36. The standard InChI is InChI=1S/C11H13N3O2/c12-6-9-5-10(1-2-13-9)14-3-4-16-8-11(14)7-15/h1-2,5,11,15H,3-4,7-8H2. The molecule has 84 valence electrons. The van der Waals surface area contributed by atoms with E-state index >= 15 is 0 Å². The van der Waals surface area contributed by atoms with Crippen molar-refractivity contribution in [3.8, 4) is 6.07 Å². The Kier molecular flexibility index (Phi) is 3.34. The number of pyridine rings is 1. The third kappa shape index (κ3) is 2.13. The maximum absolute atomic E-state index is 9.25. The average Bonchev–Trinajstić information content (AvgIpc) is 2.38. The fourth-order valence-electron chi connectivity index (χ4n) is 1.81. The molecule has 0 bridgehead atoms. The summed E-state index contributed by atoms with van der Waals surface area (Å²) >= 11 is 0. The van der Waals surface area contributed by atoms with Crippen molar-refractivity contribution >= 4 is 5.69 Å². The fraction of sp³-hybridized carbons (Fsp3) is 0.455. The molecule has 5 nitrogen and oxygen atoms in total. The molecule has 1 atom stereocenters. The van der Waals surface area contributed by atoms with Crippen LogP contribution >= 0.6 is 0 Å². The Morgan fingerprint density at radius 1 is 1.69 bits per heavy atom. The van der Waals surface area contributed by atoms with Gasteiger partial charge in [0.1, 0.15) is 11.8 Å². The molecule has 0 amide bonds. The summed E-state index contributed by atoms with van der Waals surface area (Å²) < 4.78 is 5.30. The zero-order valence-electron chi connectivity index (χ0n) is 8.83. The average molecular weight is 219 g/mol. The van der Waals surface area contributed by atoms with E-state index in [0.717, 1.165) is 12.2 Å². The molecule has 1 unspecified atom stereocenters. The normalized spacial score (nSPS) is 20.5. The number of rotatable bonds is 2. The molecule has 0 aliphatic carbocycles. The summed E-state index contributed by atoms with van der Waals surface area (Å²) in [6, 6.07) is 5.54. The monoisotopic (exact) mass is 219 g/mol. The van der Waals surface area contributed by atoms with Crippen molar-refractivity contribution in [2.45, 2.75) is 6.04 Å². The third-order valence-corrected chi connectivity index (χ3v) is 2.63. The second-order valence-corrected chi connectivity index (χ2v) is 3.62. The minimum atomic E-state index is -0.0392. The van der Waals surface area contributed by atoms with Gasteiger partial charge in [-0.2, -0.15) is 5.26 Å². The van der Waals surface area contributed by atoms with E-state index in [1.54, 1.807) is 12.3 Å². The number of anilines is 1. The molecule has 0 saturated carbocycles. The molecule has 5 heteroatoms. The number of morpholine rings is 1. The highest BCUT2D eigenvalue weighted by atomic mass is 16.5. The molecule has 1 saturated heterocycles. The van der Waals surface area contributed by atoms with E-state index < -0.39 is 0 Å². The van der Waals surface area contributed by atoms with Crippen molar-refractivity contribution in [1.29, 1.82) is 5.26 Å². The molecular formula is C11H13N3O2. The second-order valence-electron chi connectivity index (χ2n) is 3.62. The number of aliphatic hydroxyl groups excluding tert-OH is 1. The molecule has 1 aromatic rings. The maximum Gasteiger partial charge on any atom is 0.142 e. The van der Waals surface area contributed by atoms with Crippen LogP contribution in [0.2, 0.25) is 0 Å². The van der Waals surface area contributed by atoms with Gasteiger partial charge in [-0.25, -0.2) is 4.98 Å². The summed E-state index contributed by atoms with van der Waals surface area (Å²) in [6.45, 7) is 1.92. The third-order valence-electron chi connectivity index (χ3n) is 2.63. The largest absolute Gasteiger partial charge is 0.394 e. The van der Waals surface area contributed by atoms with E-state index in [1.807, 2.05) is 17.0 Å². The molecule has 0 spiro atoms. The van der Waals surface area contributed by atoms with Crippen molar-refractivity contribution in [2.75, 3.05) is 31.3 Å². The smallest absolute Gasteiger partial charge is 0.142 e. The van der Waals surface area contributed by atoms with Gasteiger partial charge in [-0.3, -0.25) is 0 Å². The van der Waals surface area contributed by atoms with Gasteiger partial charge >= 0.3 is 0 Å². The maximum atomic E-state index is 9.25. The Labute approximate surface area is 93.9 Å². The van der Waals surface area contributed by atoms with Gasteiger partial charge in [-0.1, -0.05) is 0 Å². The Bertz CT molecular complexity index is 402. The van der Waals surface area contributed by atoms with Gasteiger partial charge in [0.25, 0.3) is 0 Å². The Morgan fingerprint density at radius 2 is 2.56 bits per heavy atom. The van der Waals surface area contributed by atoms with E-state index in [2.05, 4.69) is 4.98 Å². The van der Waals surface area contributed by atoms with E-state index in [-0.39, 0.29) is 12.6 Å². The van der Waals surface area contributed by atoms with Crippen LogP contribution in [0.1, 0.15) is 5.69 Å². The highest BCUT2D eigenvalue weighted by Gasteiger charge is 2.22. The van der Waals surface area contributed by atoms with Crippen LogP contribution in [-0.4, -0.2) is 42.5 Å². The number of nitrogens with zero attached hydrogens (tertiary/aromatic N) is 3. The number of hydrogen-bond donors (Lipinski definition) is 1. The van der Waals surface area contributed by atoms with Gasteiger partial charge in [0.05, 0.1) is 25.9 Å². The Balaban J connectivity index is 2.24. The first-order valence-electron chi connectivity index (χ1n) is 5.16. The molecule has 0 aromatic carbocycles. The van der Waals surface area contributed by atoms with Crippen molar-refractivity contribution in [3.05, 3.63) is 24.0 Å². The van der Waals surface area contributed by atoms with Crippen molar-refractivity contribution < 1.29 is 9.84 Å². The molecular weight excluding hydrogens is 206 g/mol. The quantitative estimate of drug-likeness (QED) is 0.766. The van der Waals surface area contributed by atoms with Gasteiger partial charge in [0, 0.05) is 18.4 Å². The second kappa shape index (κ2) is 4.92. The zero-order chi connectivity index (χ0) is 11.4. The Morgan fingerprint density at radius 3 is 3.31 bits per heavy atom. The summed E-state index contributed by atoms with van der Waals surface area (Å²) in [7, 11) is 0. The summed E-state index contributed by atoms with van der Waals surface area (Å²) in [5.74, 6) is 0. The molecule has 1 aliphatic rings. The highest BCUT2D eigenvalue weighted by Crippen LogP contribution is 2.19. The first kappa shape index (κ1) is 10.9. The van der Waals surface area contributed by atoms with Crippen LogP contribution in [0.3, 0.4) is 0 Å². The van der Waals surface area contributed by atoms with Crippen LogP contribution in [0, 0.1) is 11.3 Å². The SMILES string of the molecule is N#Cc1cc(N2CCOCC2CO)ccn1. The molecule has 1 aliphatic heterocycles. The summed E-state index contributed by atoms with van der Waals surface area (Å²) in [6.07, 6.45) is 1.61. The van der Waals surface area contributed by atoms with Crippen LogP contribution in [0.25, 0.3) is 0 Å². The minimum Gasteiger partial charge on any atom is -0.394 e. The number of nitriles is 1. The van der Waals surface area contributed by atoms with Gasteiger partial charge in [-0.15, -0.1) is 0 Å². The molecule has 1 aromatic heterocycles. The van der Waals surface area contributed by atoms with Gasteiger partial charge < -0.3 is 14.7 Å². The first-order chi connectivity index (χ1) is 7.85. The van der Waals surface area contributed by atoms with Crippen molar-refractivity contribution in [3.63, 3.8) is 0 Å². The lowest BCUT2D eigenvalue weighted by atomic mass is 10.2. The van der Waals surface area contributed by atoms with Crippen molar-refractivity contribution in [1.82, 2.24) is 4.98 Å². The molecule has 1 fully saturated rings. The lowest BCUT2D eigenvalue weighted by molar-refractivity contribution is 0.0727. The van der Waals surface area contributed by atoms with E-state index in [0.29, 0.717) is 18.9 Å². The zero-order valence-corrected chi connectivity index (χ0v) is 8.83. The summed E-state index contributed by atoms with van der Waals surface area (Å²) in [4.78, 5) is 5.97. The molecule has 2 rings (SSSR count). The van der Waals surface area contributed by atoms with E-state index in [9.17, 15) is 5.11 Å². The summed E-state index contributed by atoms with van der Waals surface area (Å²) in [5.41, 5.74) is 1.30. The van der Waals surface area contributed by atoms with Crippen LogP contribution in [0.5, 0.6) is 0 Å². The molecule has 1 N–H and O–H groups in total.